The molecule has 1 aromatic rings. The highest BCUT2D eigenvalue weighted by Gasteiger charge is 2.32. The number of nitrogens with zero attached hydrogens (tertiary/aromatic N) is 1. The van der Waals surface area contributed by atoms with Gasteiger partial charge in [-0.05, 0) is 37.1 Å². The molecule has 1 unspecified atom stereocenters. The summed E-state index contributed by atoms with van der Waals surface area (Å²) in [6, 6.07) is 3.76. The number of benzene rings is 1. The number of halogens is 2. The van der Waals surface area contributed by atoms with Crippen LogP contribution in [-0.4, -0.2) is 30.6 Å². The quantitative estimate of drug-likeness (QED) is 0.784. The van der Waals surface area contributed by atoms with Crippen LogP contribution in [0.5, 0.6) is 0 Å². The van der Waals surface area contributed by atoms with Crippen LogP contribution in [0.3, 0.4) is 0 Å². The van der Waals surface area contributed by atoms with Gasteiger partial charge in [0.1, 0.15) is 5.82 Å². The molecule has 3 nitrogen and oxygen atoms in total. The minimum absolute atomic E-state index is 0.195. The van der Waals surface area contributed by atoms with Crippen molar-refractivity contribution >= 4 is 26.0 Å². The Balaban J connectivity index is 2.38. The molecule has 0 aromatic heterocycles. The van der Waals surface area contributed by atoms with Gasteiger partial charge in [0, 0.05) is 17.9 Å². The van der Waals surface area contributed by atoms with Gasteiger partial charge in [-0.25, -0.2) is 12.8 Å². The lowest BCUT2D eigenvalue weighted by Crippen LogP contribution is -2.29. The second-order valence-corrected chi connectivity index (χ2v) is 7.36. The maximum Gasteiger partial charge on any atom is 0.243 e. The van der Waals surface area contributed by atoms with E-state index in [4.69, 9.17) is 0 Å². The highest BCUT2D eigenvalue weighted by Crippen LogP contribution is 2.26. The van der Waals surface area contributed by atoms with Gasteiger partial charge < -0.3 is 0 Å². The molecule has 1 atom stereocenters. The molecule has 1 fully saturated rings. The molecule has 1 heterocycles. The lowest BCUT2D eigenvalue weighted by molar-refractivity contribution is 0.477. The van der Waals surface area contributed by atoms with E-state index in [2.05, 4.69) is 15.9 Å². The van der Waals surface area contributed by atoms with Gasteiger partial charge in [-0.15, -0.1) is 0 Å². The molecule has 17 heavy (non-hydrogen) atoms. The summed E-state index contributed by atoms with van der Waals surface area (Å²) in [7, 11) is -3.48. The first-order valence-corrected chi connectivity index (χ1v) is 7.67. The standard InChI is InChI=1S/C11H13BrFNO2S/c1-8-6-10(13)2-3-11(8)17(15,16)14-5-4-9(12)7-14/h2-3,6,9H,4-5,7H2,1H3. The lowest BCUT2D eigenvalue weighted by atomic mass is 10.2. The first kappa shape index (κ1) is 13.0. The Hall–Kier alpha value is -0.460. The van der Waals surface area contributed by atoms with Crippen LogP contribution in [0.4, 0.5) is 4.39 Å². The first-order valence-electron chi connectivity index (χ1n) is 5.31. The number of hydrogen-bond acceptors (Lipinski definition) is 2. The molecule has 1 aliphatic rings. The van der Waals surface area contributed by atoms with Gasteiger partial charge in [0.25, 0.3) is 0 Å². The Bertz CT molecular complexity index is 532. The van der Waals surface area contributed by atoms with Crippen LogP contribution in [-0.2, 0) is 10.0 Å². The summed E-state index contributed by atoms with van der Waals surface area (Å²) < 4.78 is 39.0. The minimum atomic E-state index is -3.48. The Kier molecular flexibility index (Phi) is 3.56. The molecule has 1 aliphatic heterocycles. The van der Waals surface area contributed by atoms with Crippen molar-refractivity contribution in [3.8, 4) is 0 Å². The molecule has 2 rings (SSSR count). The van der Waals surface area contributed by atoms with Gasteiger partial charge in [-0.1, -0.05) is 15.9 Å². The maximum atomic E-state index is 13.0. The maximum absolute atomic E-state index is 13.0. The summed E-state index contributed by atoms with van der Waals surface area (Å²) in [5, 5.41) is 0. The van der Waals surface area contributed by atoms with Crippen LogP contribution < -0.4 is 0 Å². The van der Waals surface area contributed by atoms with Crippen LogP contribution in [0.15, 0.2) is 23.1 Å². The van der Waals surface area contributed by atoms with Gasteiger partial charge in [-0.3, -0.25) is 0 Å². The molecular formula is C11H13BrFNO2S. The van der Waals surface area contributed by atoms with Crippen LogP contribution >= 0.6 is 15.9 Å². The van der Waals surface area contributed by atoms with E-state index in [0.29, 0.717) is 18.7 Å². The molecule has 0 amide bonds. The fourth-order valence-electron chi connectivity index (χ4n) is 1.95. The van der Waals surface area contributed by atoms with Gasteiger partial charge in [0.05, 0.1) is 4.90 Å². The molecule has 0 spiro atoms. The van der Waals surface area contributed by atoms with Crippen molar-refractivity contribution in [1.82, 2.24) is 4.31 Å². The van der Waals surface area contributed by atoms with E-state index in [9.17, 15) is 12.8 Å². The van der Waals surface area contributed by atoms with Crippen molar-refractivity contribution in [2.45, 2.75) is 23.1 Å². The second kappa shape index (κ2) is 4.66. The van der Waals surface area contributed by atoms with Crippen LogP contribution in [0.2, 0.25) is 0 Å². The summed E-state index contributed by atoms with van der Waals surface area (Å²) >= 11 is 3.41. The largest absolute Gasteiger partial charge is 0.243 e. The summed E-state index contributed by atoms with van der Waals surface area (Å²) in [5.74, 6) is -0.416. The zero-order chi connectivity index (χ0) is 12.6. The smallest absolute Gasteiger partial charge is 0.207 e. The Morgan fingerprint density at radius 2 is 2.18 bits per heavy atom. The summed E-state index contributed by atoms with van der Waals surface area (Å²) in [5.41, 5.74) is 0.447. The number of hydrogen-bond donors (Lipinski definition) is 0. The van der Waals surface area contributed by atoms with E-state index < -0.39 is 15.8 Å². The normalized spacial score (nSPS) is 21.9. The average molecular weight is 322 g/mol. The van der Waals surface area contributed by atoms with E-state index in [1.165, 1.54) is 22.5 Å². The molecule has 0 radical (unpaired) electrons. The lowest BCUT2D eigenvalue weighted by Gasteiger charge is -2.17. The number of sulfonamides is 1. The van der Waals surface area contributed by atoms with E-state index in [-0.39, 0.29) is 9.72 Å². The molecule has 1 aromatic carbocycles. The van der Waals surface area contributed by atoms with Crippen molar-refractivity contribution in [2.75, 3.05) is 13.1 Å². The molecular weight excluding hydrogens is 309 g/mol. The topological polar surface area (TPSA) is 37.4 Å². The van der Waals surface area contributed by atoms with Gasteiger partial charge in [0.15, 0.2) is 0 Å². The number of aryl methyl sites for hydroxylation is 1. The Morgan fingerprint density at radius 1 is 1.47 bits per heavy atom. The molecule has 0 bridgehead atoms. The zero-order valence-electron chi connectivity index (χ0n) is 9.36. The third kappa shape index (κ3) is 2.53. The summed E-state index contributed by atoms with van der Waals surface area (Å²) in [4.78, 5) is 0.401. The van der Waals surface area contributed by atoms with Crippen LogP contribution in [0.25, 0.3) is 0 Å². The monoisotopic (exact) mass is 321 g/mol. The summed E-state index contributed by atoms with van der Waals surface area (Å²) in [6.07, 6.45) is 0.805. The molecule has 0 N–H and O–H groups in total. The molecule has 94 valence electrons. The average Bonchev–Trinajstić information content (AvgIpc) is 2.64. The van der Waals surface area contributed by atoms with Crippen LogP contribution in [0, 0.1) is 12.7 Å². The number of alkyl halides is 1. The third-order valence-electron chi connectivity index (χ3n) is 2.85. The molecule has 0 aliphatic carbocycles. The fourth-order valence-corrected chi connectivity index (χ4v) is 4.40. The summed E-state index contributed by atoms with van der Waals surface area (Å²) in [6.45, 7) is 2.59. The molecule has 1 saturated heterocycles. The first-order chi connectivity index (χ1) is 7.91. The van der Waals surface area contributed by atoms with Crippen LogP contribution in [0.1, 0.15) is 12.0 Å². The highest BCUT2D eigenvalue weighted by atomic mass is 79.9. The van der Waals surface area contributed by atoms with E-state index in [0.717, 1.165) is 6.42 Å². The Labute approximate surface area is 109 Å². The van der Waals surface area contributed by atoms with E-state index in [1.54, 1.807) is 6.92 Å². The zero-order valence-corrected chi connectivity index (χ0v) is 11.8. The third-order valence-corrected chi connectivity index (χ3v) is 5.62. The van der Waals surface area contributed by atoms with Gasteiger partial charge in [0.2, 0.25) is 10.0 Å². The predicted molar refractivity (Wildman–Crippen MR) is 67.2 cm³/mol. The SMILES string of the molecule is Cc1cc(F)ccc1S(=O)(=O)N1CCC(Br)C1. The van der Waals surface area contributed by atoms with Crippen molar-refractivity contribution in [3.63, 3.8) is 0 Å². The molecule has 0 saturated carbocycles. The van der Waals surface area contributed by atoms with Crippen molar-refractivity contribution in [2.24, 2.45) is 0 Å². The number of rotatable bonds is 2. The minimum Gasteiger partial charge on any atom is -0.207 e. The molecule has 6 heteroatoms. The highest BCUT2D eigenvalue weighted by molar-refractivity contribution is 9.09. The van der Waals surface area contributed by atoms with Gasteiger partial charge in [-0.2, -0.15) is 4.31 Å². The predicted octanol–water partition coefficient (Wildman–Crippen LogP) is 2.29. The second-order valence-electron chi connectivity index (χ2n) is 4.16. The van der Waals surface area contributed by atoms with E-state index in [1.807, 2.05) is 0 Å². The Morgan fingerprint density at radius 3 is 2.71 bits per heavy atom. The fraction of sp³-hybridized carbons (Fsp3) is 0.455. The van der Waals surface area contributed by atoms with Crippen molar-refractivity contribution < 1.29 is 12.8 Å². The van der Waals surface area contributed by atoms with Gasteiger partial charge >= 0.3 is 0 Å². The van der Waals surface area contributed by atoms with Crippen molar-refractivity contribution in [3.05, 3.63) is 29.6 Å². The van der Waals surface area contributed by atoms with Crippen molar-refractivity contribution in [1.29, 1.82) is 0 Å². The van der Waals surface area contributed by atoms with E-state index >= 15 is 0 Å².